The molecule has 3 atom stereocenters. The van der Waals surface area contributed by atoms with Gasteiger partial charge >= 0.3 is 0 Å². The third kappa shape index (κ3) is 7.52. The van der Waals surface area contributed by atoms with E-state index >= 15 is 0 Å². The van der Waals surface area contributed by atoms with Gasteiger partial charge in [-0.05, 0) is 54.2 Å². The predicted octanol–water partition coefficient (Wildman–Crippen LogP) is 4.35. The number of imide groups is 1. The highest BCUT2D eigenvalue weighted by atomic mass is 35.5. The molecular formula is C24H29ClN2O4S. The van der Waals surface area contributed by atoms with E-state index in [0.717, 1.165) is 35.1 Å². The maximum Gasteiger partial charge on any atom is 0.286 e. The van der Waals surface area contributed by atoms with Crippen molar-refractivity contribution in [1.29, 1.82) is 0 Å². The van der Waals surface area contributed by atoms with Crippen LogP contribution in [0.15, 0.2) is 48.5 Å². The number of carbonyl (C=O) groups is 2. The highest BCUT2D eigenvalue weighted by Gasteiger charge is 2.31. The first-order chi connectivity index (χ1) is 15.3. The first-order valence-electron chi connectivity index (χ1n) is 10.7. The van der Waals surface area contributed by atoms with Crippen molar-refractivity contribution in [2.24, 2.45) is 5.92 Å². The molecule has 0 bridgehead atoms. The minimum Gasteiger partial charge on any atom is -0.492 e. The lowest BCUT2D eigenvalue weighted by Crippen LogP contribution is -2.38. The van der Waals surface area contributed by atoms with Gasteiger partial charge in [0.15, 0.2) is 0 Å². The van der Waals surface area contributed by atoms with Gasteiger partial charge in [0.25, 0.3) is 5.24 Å². The fourth-order valence-electron chi connectivity index (χ4n) is 3.55. The van der Waals surface area contributed by atoms with Gasteiger partial charge in [0.05, 0.1) is 11.4 Å². The highest BCUT2D eigenvalue weighted by Crippen LogP contribution is 2.24. The summed E-state index contributed by atoms with van der Waals surface area (Å²) in [5, 5.41) is 16.1. The molecule has 3 N–H and O–H groups in total. The van der Waals surface area contributed by atoms with Crippen LogP contribution in [0, 0.1) is 5.92 Å². The molecule has 1 saturated heterocycles. The second-order valence-electron chi connectivity index (χ2n) is 8.35. The summed E-state index contributed by atoms with van der Waals surface area (Å²) in [6.45, 7) is 5.17. The Balaban J connectivity index is 1.51. The number of carbonyl (C=O) groups excluding carboxylic acids is 2. The molecule has 0 radical (unpaired) electrons. The molecule has 1 aliphatic rings. The van der Waals surface area contributed by atoms with E-state index in [-0.39, 0.29) is 22.4 Å². The number of aliphatic hydroxyl groups excluding tert-OH is 1. The third-order valence-corrected chi connectivity index (χ3v) is 6.37. The van der Waals surface area contributed by atoms with Crippen molar-refractivity contribution in [3.8, 4) is 5.75 Å². The molecule has 1 heterocycles. The largest absolute Gasteiger partial charge is 0.492 e. The molecule has 2 aromatic carbocycles. The average Bonchev–Trinajstić information content (AvgIpc) is 3.07. The first-order valence-corrected chi connectivity index (χ1v) is 12.0. The Morgan fingerprint density at radius 1 is 1.19 bits per heavy atom. The summed E-state index contributed by atoms with van der Waals surface area (Å²) in [6, 6.07) is 14.9. The van der Waals surface area contributed by atoms with Crippen LogP contribution in [-0.2, 0) is 11.2 Å². The van der Waals surface area contributed by atoms with Crippen LogP contribution in [0.5, 0.6) is 5.75 Å². The predicted molar refractivity (Wildman–Crippen MR) is 128 cm³/mol. The number of rotatable bonds is 11. The summed E-state index contributed by atoms with van der Waals surface area (Å²) >= 11 is 7.06. The van der Waals surface area contributed by atoms with Crippen molar-refractivity contribution in [2.75, 3.05) is 13.2 Å². The SMILES string of the molecule is CC(C)C[C@H](COc1ccc(CC2SC(=O)NC2=O)cc1)NC[C@H](O)c1cccc(Cl)c1. The monoisotopic (exact) mass is 476 g/mol. The van der Waals surface area contributed by atoms with Crippen molar-refractivity contribution < 1.29 is 19.4 Å². The Hall–Kier alpha value is -2.06. The van der Waals surface area contributed by atoms with Crippen LogP contribution in [0.4, 0.5) is 4.79 Å². The molecule has 1 aliphatic heterocycles. The van der Waals surface area contributed by atoms with Gasteiger partial charge < -0.3 is 15.2 Å². The number of aliphatic hydroxyl groups is 1. The van der Waals surface area contributed by atoms with Gasteiger partial charge in [-0.1, -0.05) is 61.5 Å². The lowest BCUT2D eigenvalue weighted by atomic mass is 10.0. The topological polar surface area (TPSA) is 87.7 Å². The van der Waals surface area contributed by atoms with Crippen molar-refractivity contribution in [3.63, 3.8) is 0 Å². The lowest BCUT2D eigenvalue weighted by Gasteiger charge is -2.23. The van der Waals surface area contributed by atoms with Crippen LogP contribution in [0.2, 0.25) is 5.02 Å². The lowest BCUT2D eigenvalue weighted by molar-refractivity contribution is -0.118. The molecule has 172 valence electrons. The molecule has 0 spiro atoms. The minimum atomic E-state index is -0.653. The maximum absolute atomic E-state index is 11.7. The van der Waals surface area contributed by atoms with Crippen molar-refractivity contribution in [1.82, 2.24) is 10.6 Å². The third-order valence-electron chi connectivity index (χ3n) is 5.15. The van der Waals surface area contributed by atoms with Gasteiger partial charge in [-0.2, -0.15) is 0 Å². The Bertz CT molecular complexity index is 922. The van der Waals surface area contributed by atoms with E-state index in [0.29, 0.717) is 30.5 Å². The smallest absolute Gasteiger partial charge is 0.286 e. The zero-order chi connectivity index (χ0) is 23.1. The Labute approximate surface area is 198 Å². The standard InChI is InChI=1S/C24H29ClN2O4S/c1-15(2)10-19(26-13-21(28)17-4-3-5-18(25)12-17)14-31-20-8-6-16(7-9-20)11-22-23(29)27-24(30)32-22/h3-9,12,15,19,21-22,26,28H,10-11,13-14H2,1-2H3,(H,27,29,30)/t19-,21+,22?/m1/s1. The molecule has 2 amide bonds. The summed E-state index contributed by atoms with van der Waals surface area (Å²) < 4.78 is 5.99. The summed E-state index contributed by atoms with van der Waals surface area (Å²) in [4.78, 5) is 23.0. The van der Waals surface area contributed by atoms with E-state index in [4.69, 9.17) is 16.3 Å². The fourth-order valence-corrected chi connectivity index (χ4v) is 4.61. The van der Waals surface area contributed by atoms with E-state index < -0.39 is 6.10 Å². The Kier molecular flexibility index (Phi) is 8.99. The number of hydrogen-bond donors (Lipinski definition) is 3. The molecule has 0 saturated carbocycles. The zero-order valence-corrected chi connectivity index (χ0v) is 19.8. The molecule has 1 fully saturated rings. The highest BCUT2D eigenvalue weighted by molar-refractivity contribution is 8.15. The number of hydrogen-bond acceptors (Lipinski definition) is 6. The molecule has 2 aromatic rings. The van der Waals surface area contributed by atoms with Crippen LogP contribution >= 0.6 is 23.4 Å². The number of ether oxygens (including phenoxy) is 1. The molecule has 3 rings (SSSR count). The van der Waals surface area contributed by atoms with E-state index in [2.05, 4.69) is 24.5 Å². The molecule has 0 aliphatic carbocycles. The van der Waals surface area contributed by atoms with Crippen LogP contribution in [-0.4, -0.2) is 40.7 Å². The molecule has 6 nitrogen and oxygen atoms in total. The molecular weight excluding hydrogens is 448 g/mol. The van der Waals surface area contributed by atoms with Crippen molar-refractivity contribution in [3.05, 3.63) is 64.7 Å². The Morgan fingerprint density at radius 3 is 2.56 bits per heavy atom. The van der Waals surface area contributed by atoms with Crippen LogP contribution in [0.1, 0.15) is 37.5 Å². The molecule has 8 heteroatoms. The summed E-state index contributed by atoms with van der Waals surface area (Å²) in [5.41, 5.74) is 1.75. The summed E-state index contributed by atoms with van der Waals surface area (Å²) in [7, 11) is 0. The van der Waals surface area contributed by atoms with Crippen molar-refractivity contribution in [2.45, 2.75) is 44.1 Å². The van der Waals surface area contributed by atoms with Crippen LogP contribution < -0.4 is 15.4 Å². The van der Waals surface area contributed by atoms with Gasteiger partial charge in [0.1, 0.15) is 12.4 Å². The number of halogens is 1. The van der Waals surface area contributed by atoms with E-state index in [1.165, 1.54) is 0 Å². The second-order valence-corrected chi connectivity index (χ2v) is 9.96. The number of nitrogens with one attached hydrogen (secondary N) is 2. The zero-order valence-electron chi connectivity index (χ0n) is 18.2. The minimum absolute atomic E-state index is 0.0770. The maximum atomic E-state index is 11.7. The van der Waals surface area contributed by atoms with E-state index in [9.17, 15) is 14.7 Å². The number of benzene rings is 2. The second kappa shape index (κ2) is 11.7. The normalized spacial score (nSPS) is 18.0. The van der Waals surface area contributed by atoms with E-state index in [1.807, 2.05) is 36.4 Å². The molecule has 0 aromatic heterocycles. The number of thioether (sulfide) groups is 1. The average molecular weight is 477 g/mol. The van der Waals surface area contributed by atoms with Crippen LogP contribution in [0.25, 0.3) is 0 Å². The fraction of sp³-hybridized carbons (Fsp3) is 0.417. The van der Waals surface area contributed by atoms with Gasteiger partial charge in [0.2, 0.25) is 5.91 Å². The molecule has 1 unspecified atom stereocenters. The quantitative estimate of drug-likeness (QED) is 0.447. The summed E-state index contributed by atoms with van der Waals surface area (Å²) in [6.07, 6.45) is 0.754. The summed E-state index contributed by atoms with van der Waals surface area (Å²) in [5.74, 6) is 0.974. The van der Waals surface area contributed by atoms with E-state index in [1.54, 1.807) is 12.1 Å². The number of amides is 2. The molecule has 32 heavy (non-hydrogen) atoms. The van der Waals surface area contributed by atoms with Gasteiger partial charge in [-0.15, -0.1) is 0 Å². The van der Waals surface area contributed by atoms with Crippen LogP contribution in [0.3, 0.4) is 0 Å². The first kappa shape index (κ1) is 24.6. The van der Waals surface area contributed by atoms with Gasteiger partial charge in [-0.3, -0.25) is 14.9 Å². The van der Waals surface area contributed by atoms with Gasteiger partial charge in [-0.25, -0.2) is 0 Å². The van der Waals surface area contributed by atoms with Crippen molar-refractivity contribution >= 4 is 34.5 Å². The Morgan fingerprint density at radius 2 is 1.94 bits per heavy atom. The van der Waals surface area contributed by atoms with Gasteiger partial charge in [0, 0.05) is 17.6 Å².